The Balaban J connectivity index is 1.73. The molecule has 34 heavy (non-hydrogen) atoms. The van der Waals surface area contributed by atoms with Gasteiger partial charge in [-0.2, -0.15) is 0 Å². The molecule has 3 aromatic carbocycles. The largest absolute Gasteiger partial charge is 0.497 e. The highest BCUT2D eigenvalue weighted by molar-refractivity contribution is 6.32. The molecule has 0 heterocycles. The van der Waals surface area contributed by atoms with Gasteiger partial charge in [0.25, 0.3) is 5.91 Å². The molecule has 0 aromatic heterocycles. The Morgan fingerprint density at radius 2 is 1.59 bits per heavy atom. The molecule has 0 aliphatic rings. The van der Waals surface area contributed by atoms with Gasteiger partial charge in [-0.25, -0.2) is 0 Å². The second kappa shape index (κ2) is 12.3. The number of amides is 2. The number of hydrogen-bond acceptors (Lipinski definition) is 4. The van der Waals surface area contributed by atoms with E-state index in [9.17, 15) is 9.59 Å². The Kier molecular flexibility index (Phi) is 9.19. The lowest BCUT2D eigenvalue weighted by atomic mass is 10.1. The minimum absolute atomic E-state index is 0.218. The fraction of sp³-hybridized carbons (Fsp3) is 0.231. The van der Waals surface area contributed by atoms with Crippen molar-refractivity contribution >= 4 is 35.0 Å². The molecule has 1 atom stereocenters. The van der Waals surface area contributed by atoms with Gasteiger partial charge >= 0.3 is 0 Å². The fourth-order valence-corrected chi connectivity index (χ4v) is 3.66. The maximum absolute atomic E-state index is 13.2. The zero-order chi connectivity index (χ0) is 24.5. The minimum Gasteiger partial charge on any atom is -0.497 e. The minimum atomic E-state index is -0.757. The number of nitrogens with zero attached hydrogens (tertiary/aromatic N) is 1. The number of hydrogen-bond donors (Lipinski definition) is 1. The molecule has 3 rings (SSSR count). The van der Waals surface area contributed by atoms with Gasteiger partial charge in [-0.1, -0.05) is 65.7 Å². The second-order valence-corrected chi connectivity index (χ2v) is 8.39. The monoisotopic (exact) mass is 500 g/mol. The number of benzene rings is 3. The van der Waals surface area contributed by atoms with Crippen LogP contribution in [0.3, 0.4) is 0 Å². The van der Waals surface area contributed by atoms with Crippen LogP contribution < -0.4 is 14.8 Å². The topological polar surface area (TPSA) is 67.9 Å². The second-order valence-electron chi connectivity index (χ2n) is 7.57. The number of para-hydroxylation sites is 1. The number of halogens is 2. The summed E-state index contributed by atoms with van der Waals surface area (Å²) in [6, 6.07) is 20.7. The van der Waals surface area contributed by atoms with Crippen molar-refractivity contribution in [1.82, 2.24) is 10.2 Å². The Bertz CT molecular complexity index is 1120. The summed E-state index contributed by atoms with van der Waals surface area (Å²) in [4.78, 5) is 27.6. The predicted octanol–water partition coefficient (Wildman–Crippen LogP) is 5.11. The molecule has 178 valence electrons. The molecule has 1 N–H and O–H groups in total. The van der Waals surface area contributed by atoms with Gasteiger partial charge in [0.1, 0.15) is 17.5 Å². The molecule has 0 bridgehead atoms. The summed E-state index contributed by atoms with van der Waals surface area (Å²) in [6.45, 7) is 1.89. The van der Waals surface area contributed by atoms with E-state index in [1.807, 2.05) is 30.3 Å². The van der Waals surface area contributed by atoms with Gasteiger partial charge < -0.3 is 19.7 Å². The molecule has 0 saturated carbocycles. The van der Waals surface area contributed by atoms with Crippen LogP contribution in [0.2, 0.25) is 10.0 Å². The summed E-state index contributed by atoms with van der Waals surface area (Å²) in [7, 11) is 1.59. The molecular weight excluding hydrogens is 475 g/mol. The first-order chi connectivity index (χ1) is 16.4. The van der Waals surface area contributed by atoms with Crippen LogP contribution in [0.15, 0.2) is 72.8 Å². The number of methoxy groups -OCH3 is 1. The van der Waals surface area contributed by atoms with Crippen LogP contribution in [0.5, 0.6) is 11.5 Å². The number of nitrogens with one attached hydrogen (secondary N) is 1. The van der Waals surface area contributed by atoms with Gasteiger partial charge in [0.2, 0.25) is 5.91 Å². The third kappa shape index (κ3) is 6.89. The lowest BCUT2D eigenvalue weighted by Gasteiger charge is -2.29. The number of rotatable bonds is 10. The van der Waals surface area contributed by atoms with Crippen molar-refractivity contribution in [2.75, 3.05) is 13.7 Å². The zero-order valence-electron chi connectivity index (χ0n) is 19.0. The average molecular weight is 501 g/mol. The highest BCUT2D eigenvalue weighted by Crippen LogP contribution is 2.23. The highest BCUT2D eigenvalue weighted by atomic mass is 35.5. The molecule has 0 aliphatic heterocycles. The van der Waals surface area contributed by atoms with Gasteiger partial charge in [-0.15, -0.1) is 0 Å². The summed E-state index contributed by atoms with van der Waals surface area (Å²) >= 11 is 12.3. The Morgan fingerprint density at radius 3 is 2.24 bits per heavy atom. The standard InChI is InChI=1S/C26H26Cl2N2O4/c1-18(26(32)29-15-20-7-3-4-8-22(20)27)30(16-19-11-13-21(33-2)14-12-19)25(31)17-34-24-10-6-5-9-23(24)28/h3-14,18H,15-17H2,1-2H3,(H,29,32)/t18-/m0/s1. The quantitative estimate of drug-likeness (QED) is 0.419. The highest BCUT2D eigenvalue weighted by Gasteiger charge is 2.26. The van der Waals surface area contributed by atoms with E-state index in [1.165, 1.54) is 4.90 Å². The molecule has 0 saturated heterocycles. The van der Waals surface area contributed by atoms with Crippen LogP contribution in [0.1, 0.15) is 18.1 Å². The molecule has 6 nitrogen and oxygen atoms in total. The van der Waals surface area contributed by atoms with E-state index in [-0.39, 0.29) is 31.5 Å². The SMILES string of the molecule is COc1ccc(CN(C(=O)COc2ccccc2Cl)[C@@H](C)C(=O)NCc2ccccc2Cl)cc1. The van der Waals surface area contributed by atoms with E-state index in [0.29, 0.717) is 21.5 Å². The van der Waals surface area contributed by atoms with Gasteiger partial charge in [0, 0.05) is 18.1 Å². The van der Waals surface area contributed by atoms with E-state index >= 15 is 0 Å². The Hall–Kier alpha value is -3.22. The van der Waals surface area contributed by atoms with Crippen molar-refractivity contribution in [2.24, 2.45) is 0 Å². The third-order valence-corrected chi connectivity index (χ3v) is 5.96. The first-order valence-corrected chi connectivity index (χ1v) is 11.5. The van der Waals surface area contributed by atoms with Gasteiger partial charge in [-0.3, -0.25) is 9.59 Å². The zero-order valence-corrected chi connectivity index (χ0v) is 20.5. The summed E-state index contributed by atoms with van der Waals surface area (Å²) in [6.07, 6.45) is 0. The molecule has 2 amide bonds. The predicted molar refractivity (Wildman–Crippen MR) is 133 cm³/mol. The van der Waals surface area contributed by atoms with Crippen LogP contribution in [0.25, 0.3) is 0 Å². The van der Waals surface area contributed by atoms with Crippen LogP contribution in [-0.2, 0) is 22.7 Å². The van der Waals surface area contributed by atoms with Crippen molar-refractivity contribution < 1.29 is 19.1 Å². The number of carbonyl (C=O) groups is 2. The van der Waals surface area contributed by atoms with Crippen molar-refractivity contribution in [1.29, 1.82) is 0 Å². The lowest BCUT2D eigenvalue weighted by Crippen LogP contribution is -2.48. The number of carbonyl (C=O) groups excluding carboxylic acids is 2. The summed E-state index contributed by atoms with van der Waals surface area (Å²) in [5, 5.41) is 3.83. The molecule has 8 heteroatoms. The van der Waals surface area contributed by atoms with Crippen molar-refractivity contribution in [3.63, 3.8) is 0 Å². The molecule has 0 unspecified atom stereocenters. The van der Waals surface area contributed by atoms with Crippen LogP contribution >= 0.6 is 23.2 Å². The maximum atomic E-state index is 13.2. The Morgan fingerprint density at radius 1 is 0.941 bits per heavy atom. The van der Waals surface area contributed by atoms with E-state index in [0.717, 1.165) is 11.1 Å². The summed E-state index contributed by atoms with van der Waals surface area (Å²) in [5.41, 5.74) is 1.64. The van der Waals surface area contributed by atoms with Crippen molar-refractivity contribution in [2.45, 2.75) is 26.1 Å². The molecule has 0 aliphatic carbocycles. The van der Waals surface area contributed by atoms with Gasteiger partial charge in [0.15, 0.2) is 6.61 Å². The van der Waals surface area contributed by atoms with Crippen LogP contribution in [-0.4, -0.2) is 36.5 Å². The summed E-state index contributed by atoms with van der Waals surface area (Å²) in [5.74, 6) is 0.447. The van der Waals surface area contributed by atoms with Crippen molar-refractivity contribution in [3.8, 4) is 11.5 Å². The van der Waals surface area contributed by atoms with E-state index in [1.54, 1.807) is 56.5 Å². The van der Waals surface area contributed by atoms with E-state index < -0.39 is 6.04 Å². The average Bonchev–Trinajstić information content (AvgIpc) is 2.86. The van der Waals surface area contributed by atoms with Crippen LogP contribution in [0, 0.1) is 0 Å². The maximum Gasteiger partial charge on any atom is 0.261 e. The summed E-state index contributed by atoms with van der Waals surface area (Å²) < 4.78 is 10.8. The third-order valence-electron chi connectivity index (χ3n) is 5.28. The molecular formula is C26H26Cl2N2O4. The molecule has 0 spiro atoms. The Labute approximate surface area is 209 Å². The number of ether oxygens (including phenoxy) is 2. The van der Waals surface area contributed by atoms with Crippen LogP contribution in [0.4, 0.5) is 0 Å². The lowest BCUT2D eigenvalue weighted by molar-refractivity contribution is -0.142. The molecule has 3 aromatic rings. The normalized spacial score (nSPS) is 11.4. The van der Waals surface area contributed by atoms with Crippen molar-refractivity contribution in [3.05, 3.63) is 94.0 Å². The van der Waals surface area contributed by atoms with E-state index in [4.69, 9.17) is 32.7 Å². The fourth-order valence-electron chi connectivity index (χ4n) is 3.27. The van der Waals surface area contributed by atoms with Gasteiger partial charge in [0.05, 0.1) is 12.1 Å². The first kappa shape index (κ1) is 25.4. The molecule has 0 radical (unpaired) electrons. The smallest absolute Gasteiger partial charge is 0.261 e. The van der Waals surface area contributed by atoms with Gasteiger partial charge in [-0.05, 0) is 48.4 Å². The first-order valence-electron chi connectivity index (χ1n) is 10.7. The molecule has 0 fully saturated rings. The van der Waals surface area contributed by atoms with E-state index in [2.05, 4.69) is 5.32 Å².